The smallest absolute Gasteiger partial charge is 0.225 e. The van der Waals surface area contributed by atoms with Crippen molar-refractivity contribution in [3.05, 3.63) is 52.4 Å². The molecular weight excluding hydrogens is 348 g/mol. The van der Waals surface area contributed by atoms with Crippen LogP contribution in [-0.4, -0.2) is 20.7 Å². The summed E-state index contributed by atoms with van der Waals surface area (Å²) in [7, 11) is 0. The summed E-state index contributed by atoms with van der Waals surface area (Å²) in [5, 5.41) is 9.50. The molecule has 1 aliphatic carbocycles. The normalized spacial score (nSPS) is 16.8. The van der Waals surface area contributed by atoms with Gasteiger partial charge in [-0.25, -0.2) is 0 Å². The van der Waals surface area contributed by atoms with E-state index < -0.39 is 0 Å². The van der Waals surface area contributed by atoms with Gasteiger partial charge in [0.15, 0.2) is 0 Å². The Bertz CT molecular complexity index is 956. The van der Waals surface area contributed by atoms with Crippen molar-refractivity contribution in [1.29, 1.82) is 0 Å². The lowest BCUT2D eigenvalue weighted by atomic mass is 9.93. The molecule has 0 aliphatic heterocycles. The highest BCUT2D eigenvalue weighted by Crippen LogP contribution is 2.30. The van der Waals surface area contributed by atoms with Gasteiger partial charge in [-0.3, -0.25) is 9.48 Å². The van der Waals surface area contributed by atoms with Gasteiger partial charge in [-0.05, 0) is 56.4 Å². The van der Waals surface area contributed by atoms with Crippen LogP contribution in [-0.2, 0) is 17.6 Å². The molecule has 0 saturated heterocycles. The van der Waals surface area contributed by atoms with Crippen LogP contribution < -0.4 is 5.32 Å². The van der Waals surface area contributed by atoms with Gasteiger partial charge in [0, 0.05) is 29.3 Å². The Morgan fingerprint density at radius 1 is 1.46 bits per heavy atom. The molecule has 2 aromatic heterocycles. The summed E-state index contributed by atoms with van der Waals surface area (Å²) in [6.45, 7) is 4.24. The van der Waals surface area contributed by atoms with Gasteiger partial charge in [-0.2, -0.15) is 5.10 Å². The van der Waals surface area contributed by atoms with E-state index in [1.807, 2.05) is 29.1 Å². The molecule has 2 N–H and O–H groups in total. The van der Waals surface area contributed by atoms with Crippen molar-refractivity contribution >= 4 is 28.4 Å². The predicted molar refractivity (Wildman–Crippen MR) is 103 cm³/mol. The minimum absolute atomic E-state index is 0.00256. The van der Waals surface area contributed by atoms with Crippen LogP contribution in [0.2, 0.25) is 5.02 Å². The van der Waals surface area contributed by atoms with Gasteiger partial charge in [-0.1, -0.05) is 17.7 Å². The fraction of sp³-hybridized carbons (Fsp3) is 0.400. The lowest BCUT2D eigenvalue weighted by Gasteiger charge is -2.22. The fourth-order valence-corrected chi connectivity index (χ4v) is 4.03. The minimum Gasteiger partial charge on any atom is -0.361 e. The molecule has 0 bridgehead atoms. The lowest BCUT2D eigenvalue weighted by Crippen LogP contribution is -2.32. The van der Waals surface area contributed by atoms with E-state index in [0.717, 1.165) is 41.4 Å². The maximum atomic E-state index is 12.7. The Labute approximate surface area is 157 Å². The Morgan fingerprint density at radius 2 is 2.31 bits per heavy atom. The molecule has 26 heavy (non-hydrogen) atoms. The zero-order chi connectivity index (χ0) is 18.3. The van der Waals surface area contributed by atoms with E-state index in [4.69, 9.17) is 16.7 Å². The molecule has 0 fully saturated rings. The van der Waals surface area contributed by atoms with E-state index in [0.29, 0.717) is 17.5 Å². The number of aryl methyl sites for hydroxylation is 1. The standard InChI is InChI=1S/C20H23ClN4O/c1-12(2)25-11-13-5-3-8-17(20(13)24-25)23-18(26)9-14-10-22-16-7-4-6-15(21)19(14)16/h4,6-7,10-12,17,22H,3,5,8-9H2,1-2H3,(H,23,26). The molecule has 0 saturated carbocycles. The highest BCUT2D eigenvalue weighted by atomic mass is 35.5. The molecule has 2 heterocycles. The second-order valence-corrected chi connectivity index (χ2v) is 7.69. The first kappa shape index (κ1) is 17.2. The Hall–Kier alpha value is -2.27. The second kappa shape index (κ2) is 6.80. The number of aromatic nitrogens is 3. The summed E-state index contributed by atoms with van der Waals surface area (Å²) in [5.74, 6) is 0.00256. The van der Waals surface area contributed by atoms with Crippen molar-refractivity contribution < 1.29 is 4.79 Å². The maximum absolute atomic E-state index is 12.7. The molecule has 136 valence electrons. The number of carbonyl (C=O) groups excluding carboxylic acids is 1. The Kier molecular flexibility index (Phi) is 4.49. The molecule has 1 unspecified atom stereocenters. The van der Waals surface area contributed by atoms with E-state index in [1.165, 1.54) is 5.56 Å². The number of benzene rings is 1. The van der Waals surface area contributed by atoms with Gasteiger partial charge in [0.05, 0.1) is 23.2 Å². The molecule has 1 amide bonds. The monoisotopic (exact) mass is 370 g/mol. The summed E-state index contributed by atoms with van der Waals surface area (Å²) in [6.07, 6.45) is 7.34. The zero-order valence-electron chi connectivity index (χ0n) is 15.1. The number of fused-ring (bicyclic) bond motifs is 2. The number of amides is 1. The molecule has 6 heteroatoms. The highest BCUT2D eigenvalue weighted by Gasteiger charge is 2.26. The molecule has 1 atom stereocenters. The zero-order valence-corrected chi connectivity index (χ0v) is 15.8. The first-order valence-electron chi connectivity index (χ1n) is 9.14. The van der Waals surface area contributed by atoms with Gasteiger partial charge in [0.25, 0.3) is 0 Å². The van der Waals surface area contributed by atoms with Crippen molar-refractivity contribution in [2.24, 2.45) is 0 Å². The molecule has 0 spiro atoms. The fourth-order valence-electron chi connectivity index (χ4n) is 3.73. The highest BCUT2D eigenvalue weighted by molar-refractivity contribution is 6.35. The third-order valence-electron chi connectivity index (χ3n) is 5.06. The number of nitrogens with zero attached hydrogens (tertiary/aromatic N) is 2. The topological polar surface area (TPSA) is 62.7 Å². The van der Waals surface area contributed by atoms with Crippen molar-refractivity contribution in [3.8, 4) is 0 Å². The van der Waals surface area contributed by atoms with E-state index >= 15 is 0 Å². The van der Waals surface area contributed by atoms with Crippen LogP contribution >= 0.6 is 11.6 Å². The average molecular weight is 371 g/mol. The lowest BCUT2D eigenvalue weighted by molar-refractivity contribution is -0.121. The van der Waals surface area contributed by atoms with E-state index in [1.54, 1.807) is 0 Å². The summed E-state index contributed by atoms with van der Waals surface area (Å²) < 4.78 is 1.99. The summed E-state index contributed by atoms with van der Waals surface area (Å²) in [6, 6.07) is 6.04. The van der Waals surface area contributed by atoms with Crippen LogP contribution in [0, 0.1) is 0 Å². The molecule has 0 radical (unpaired) electrons. The molecule has 1 aliphatic rings. The molecule has 5 nitrogen and oxygen atoms in total. The van der Waals surface area contributed by atoms with E-state index in [-0.39, 0.29) is 11.9 Å². The molecular formula is C20H23ClN4O. The SMILES string of the molecule is CC(C)n1cc2c(n1)C(NC(=O)Cc1c[nH]c3cccc(Cl)c13)CCC2. The van der Waals surface area contributed by atoms with Crippen molar-refractivity contribution in [2.45, 2.75) is 51.6 Å². The van der Waals surface area contributed by atoms with Crippen molar-refractivity contribution in [2.75, 3.05) is 0 Å². The van der Waals surface area contributed by atoms with Gasteiger partial charge < -0.3 is 10.3 Å². The number of rotatable bonds is 4. The van der Waals surface area contributed by atoms with Crippen LogP contribution in [0.1, 0.15) is 55.6 Å². The van der Waals surface area contributed by atoms with Gasteiger partial charge in [0.2, 0.25) is 5.91 Å². The van der Waals surface area contributed by atoms with Crippen LogP contribution in [0.25, 0.3) is 10.9 Å². The number of hydrogen-bond donors (Lipinski definition) is 2. The number of nitrogens with one attached hydrogen (secondary N) is 2. The third kappa shape index (κ3) is 3.12. The first-order chi connectivity index (χ1) is 12.5. The number of halogens is 1. The number of aromatic amines is 1. The van der Waals surface area contributed by atoms with Crippen LogP contribution in [0.4, 0.5) is 0 Å². The molecule has 1 aromatic carbocycles. The van der Waals surface area contributed by atoms with Gasteiger partial charge in [0.1, 0.15) is 0 Å². The average Bonchev–Trinajstić information content (AvgIpc) is 3.21. The van der Waals surface area contributed by atoms with Crippen LogP contribution in [0.5, 0.6) is 0 Å². The van der Waals surface area contributed by atoms with Gasteiger partial charge in [-0.15, -0.1) is 0 Å². The second-order valence-electron chi connectivity index (χ2n) is 7.28. The largest absolute Gasteiger partial charge is 0.361 e. The van der Waals surface area contributed by atoms with E-state index in [9.17, 15) is 4.79 Å². The number of H-pyrrole nitrogens is 1. The quantitative estimate of drug-likeness (QED) is 0.717. The minimum atomic E-state index is -0.00747. The molecule has 3 aromatic rings. The van der Waals surface area contributed by atoms with Crippen molar-refractivity contribution in [3.63, 3.8) is 0 Å². The maximum Gasteiger partial charge on any atom is 0.225 e. The van der Waals surface area contributed by atoms with Crippen molar-refractivity contribution in [1.82, 2.24) is 20.1 Å². The van der Waals surface area contributed by atoms with E-state index in [2.05, 4.69) is 30.3 Å². The first-order valence-corrected chi connectivity index (χ1v) is 9.52. The Balaban J connectivity index is 1.52. The third-order valence-corrected chi connectivity index (χ3v) is 5.38. The molecule has 4 rings (SSSR count). The summed E-state index contributed by atoms with van der Waals surface area (Å²) in [5.41, 5.74) is 4.16. The predicted octanol–water partition coefficient (Wildman–Crippen LogP) is 4.34. The summed E-state index contributed by atoms with van der Waals surface area (Å²) in [4.78, 5) is 15.9. The number of hydrogen-bond acceptors (Lipinski definition) is 2. The summed E-state index contributed by atoms with van der Waals surface area (Å²) >= 11 is 6.31. The Morgan fingerprint density at radius 3 is 3.12 bits per heavy atom. The van der Waals surface area contributed by atoms with Crippen LogP contribution in [0.3, 0.4) is 0 Å². The van der Waals surface area contributed by atoms with Crippen LogP contribution in [0.15, 0.2) is 30.6 Å². The number of carbonyl (C=O) groups is 1. The van der Waals surface area contributed by atoms with Gasteiger partial charge >= 0.3 is 0 Å².